The number of likely N-dealkylation sites (N-methyl/N-ethyl adjacent to an activating group) is 2. The summed E-state index contributed by atoms with van der Waals surface area (Å²) >= 11 is 0. The molecule has 2 aliphatic rings. The first-order valence-electron chi connectivity index (χ1n) is 7.27. The molecular formula is C14H29N3O. The van der Waals surface area contributed by atoms with Crippen molar-refractivity contribution < 1.29 is 4.74 Å². The second-order valence-electron chi connectivity index (χ2n) is 6.43. The molecule has 0 aliphatic carbocycles. The standard InChI is InChI=1S/C14H29N3O/c1-5-15-13-10-18-9-12(13)8-17-7-6-16(4)14(2,3)11-17/h12-13,15H,5-11H2,1-4H3. The van der Waals surface area contributed by atoms with E-state index in [1.54, 1.807) is 0 Å². The van der Waals surface area contributed by atoms with Gasteiger partial charge in [-0.15, -0.1) is 0 Å². The maximum absolute atomic E-state index is 5.64. The summed E-state index contributed by atoms with van der Waals surface area (Å²) in [5.41, 5.74) is 0.297. The summed E-state index contributed by atoms with van der Waals surface area (Å²) in [4.78, 5) is 5.08. The van der Waals surface area contributed by atoms with Crippen LogP contribution >= 0.6 is 0 Å². The molecule has 0 radical (unpaired) electrons. The van der Waals surface area contributed by atoms with E-state index in [-0.39, 0.29) is 0 Å². The minimum absolute atomic E-state index is 0.297. The normalized spacial score (nSPS) is 34.0. The van der Waals surface area contributed by atoms with E-state index >= 15 is 0 Å². The fraction of sp³-hybridized carbons (Fsp3) is 1.00. The van der Waals surface area contributed by atoms with Crippen LogP contribution < -0.4 is 5.32 Å². The molecule has 2 atom stereocenters. The first-order valence-corrected chi connectivity index (χ1v) is 7.27. The summed E-state index contributed by atoms with van der Waals surface area (Å²) in [6, 6.07) is 0.553. The molecule has 0 amide bonds. The molecular weight excluding hydrogens is 226 g/mol. The maximum Gasteiger partial charge on any atom is 0.0623 e. The Balaban J connectivity index is 1.86. The van der Waals surface area contributed by atoms with Gasteiger partial charge in [0, 0.05) is 43.7 Å². The lowest BCUT2D eigenvalue weighted by Crippen LogP contribution is -2.58. The monoisotopic (exact) mass is 255 g/mol. The van der Waals surface area contributed by atoms with Crippen molar-refractivity contribution in [2.24, 2.45) is 5.92 Å². The molecule has 0 spiro atoms. The number of piperazine rings is 1. The van der Waals surface area contributed by atoms with Crippen LogP contribution in [0.25, 0.3) is 0 Å². The zero-order valence-corrected chi connectivity index (χ0v) is 12.4. The van der Waals surface area contributed by atoms with Crippen molar-refractivity contribution in [2.45, 2.75) is 32.4 Å². The van der Waals surface area contributed by atoms with E-state index in [0.29, 0.717) is 17.5 Å². The molecule has 0 aromatic heterocycles. The molecule has 2 fully saturated rings. The number of nitrogens with one attached hydrogen (secondary N) is 1. The van der Waals surface area contributed by atoms with E-state index in [0.717, 1.165) is 19.8 Å². The van der Waals surface area contributed by atoms with Crippen molar-refractivity contribution in [3.05, 3.63) is 0 Å². The smallest absolute Gasteiger partial charge is 0.0623 e. The van der Waals surface area contributed by atoms with E-state index in [2.05, 4.69) is 42.9 Å². The number of ether oxygens (including phenoxy) is 1. The molecule has 0 aromatic carbocycles. The zero-order chi connectivity index (χ0) is 13.2. The minimum atomic E-state index is 0.297. The van der Waals surface area contributed by atoms with Gasteiger partial charge in [-0.25, -0.2) is 0 Å². The zero-order valence-electron chi connectivity index (χ0n) is 12.4. The summed E-state index contributed by atoms with van der Waals surface area (Å²) in [5.74, 6) is 0.657. The van der Waals surface area contributed by atoms with Crippen LogP contribution in [0.3, 0.4) is 0 Å². The van der Waals surface area contributed by atoms with Crippen LogP contribution in [0.1, 0.15) is 20.8 Å². The van der Waals surface area contributed by atoms with E-state index in [1.807, 2.05) is 0 Å². The van der Waals surface area contributed by atoms with Gasteiger partial charge in [0.15, 0.2) is 0 Å². The van der Waals surface area contributed by atoms with Gasteiger partial charge < -0.3 is 10.1 Å². The molecule has 1 N–H and O–H groups in total. The topological polar surface area (TPSA) is 27.7 Å². The largest absolute Gasteiger partial charge is 0.379 e. The lowest BCUT2D eigenvalue weighted by Gasteiger charge is -2.46. The highest BCUT2D eigenvalue weighted by atomic mass is 16.5. The van der Waals surface area contributed by atoms with Gasteiger partial charge >= 0.3 is 0 Å². The quantitative estimate of drug-likeness (QED) is 0.798. The Labute approximate surface area is 112 Å². The van der Waals surface area contributed by atoms with Gasteiger partial charge in [0.25, 0.3) is 0 Å². The molecule has 2 saturated heterocycles. The summed E-state index contributed by atoms with van der Waals surface area (Å²) in [7, 11) is 2.23. The molecule has 18 heavy (non-hydrogen) atoms. The average molecular weight is 255 g/mol. The molecule has 106 valence electrons. The highest BCUT2D eigenvalue weighted by Gasteiger charge is 2.34. The Morgan fingerprint density at radius 2 is 2.06 bits per heavy atom. The summed E-state index contributed by atoms with van der Waals surface area (Å²) in [6.07, 6.45) is 0. The number of rotatable bonds is 4. The van der Waals surface area contributed by atoms with Gasteiger partial charge in [-0.1, -0.05) is 6.92 Å². The second kappa shape index (κ2) is 5.87. The van der Waals surface area contributed by atoms with Crippen LogP contribution in [-0.2, 0) is 4.74 Å². The van der Waals surface area contributed by atoms with Gasteiger partial charge in [-0.3, -0.25) is 9.80 Å². The lowest BCUT2D eigenvalue weighted by atomic mass is 9.97. The maximum atomic E-state index is 5.64. The van der Waals surface area contributed by atoms with Gasteiger partial charge in [0.1, 0.15) is 0 Å². The van der Waals surface area contributed by atoms with Crippen LogP contribution in [0.15, 0.2) is 0 Å². The van der Waals surface area contributed by atoms with Crippen molar-refractivity contribution in [1.29, 1.82) is 0 Å². The highest BCUT2D eigenvalue weighted by Crippen LogP contribution is 2.22. The molecule has 0 saturated carbocycles. The Morgan fingerprint density at radius 3 is 2.72 bits per heavy atom. The van der Waals surface area contributed by atoms with E-state index in [1.165, 1.54) is 26.2 Å². The second-order valence-corrected chi connectivity index (χ2v) is 6.43. The van der Waals surface area contributed by atoms with E-state index in [9.17, 15) is 0 Å². The number of hydrogen-bond donors (Lipinski definition) is 1. The third kappa shape index (κ3) is 3.23. The fourth-order valence-electron chi connectivity index (χ4n) is 3.09. The van der Waals surface area contributed by atoms with Crippen molar-refractivity contribution >= 4 is 0 Å². The third-order valence-corrected chi connectivity index (χ3v) is 4.55. The van der Waals surface area contributed by atoms with Crippen LogP contribution in [0.2, 0.25) is 0 Å². The van der Waals surface area contributed by atoms with Gasteiger partial charge in [-0.2, -0.15) is 0 Å². The van der Waals surface area contributed by atoms with Crippen LogP contribution in [0, 0.1) is 5.92 Å². The Morgan fingerprint density at radius 1 is 1.28 bits per heavy atom. The molecule has 2 unspecified atom stereocenters. The predicted octanol–water partition coefficient (Wildman–Crippen LogP) is 0.637. The minimum Gasteiger partial charge on any atom is -0.379 e. The van der Waals surface area contributed by atoms with Gasteiger partial charge in [0.05, 0.1) is 13.2 Å². The average Bonchev–Trinajstić information content (AvgIpc) is 2.72. The Hall–Kier alpha value is -0.160. The first-order chi connectivity index (χ1) is 8.53. The number of hydrogen-bond acceptors (Lipinski definition) is 4. The molecule has 0 aromatic rings. The molecule has 2 rings (SSSR count). The van der Waals surface area contributed by atoms with Gasteiger partial charge in [0.2, 0.25) is 0 Å². The molecule has 4 heteroatoms. The fourth-order valence-corrected chi connectivity index (χ4v) is 3.09. The highest BCUT2D eigenvalue weighted by molar-refractivity contribution is 4.91. The Bertz CT molecular complexity index is 270. The summed E-state index contributed by atoms with van der Waals surface area (Å²) in [5, 5.41) is 3.55. The van der Waals surface area contributed by atoms with E-state index < -0.39 is 0 Å². The van der Waals surface area contributed by atoms with Crippen molar-refractivity contribution in [3.8, 4) is 0 Å². The van der Waals surface area contributed by atoms with Crippen molar-refractivity contribution in [2.75, 3.05) is 53.0 Å². The first kappa shape index (κ1) is 14.3. The van der Waals surface area contributed by atoms with Crippen LogP contribution in [0.4, 0.5) is 0 Å². The summed E-state index contributed by atoms with van der Waals surface area (Å²) in [6.45, 7) is 14.4. The number of nitrogens with zero attached hydrogens (tertiary/aromatic N) is 2. The molecule has 0 bridgehead atoms. The van der Waals surface area contributed by atoms with Crippen LogP contribution in [-0.4, -0.2) is 74.4 Å². The molecule has 4 nitrogen and oxygen atoms in total. The SMILES string of the molecule is CCNC1COCC1CN1CCN(C)C(C)(C)C1. The molecule has 2 aliphatic heterocycles. The van der Waals surface area contributed by atoms with Crippen LogP contribution in [0.5, 0.6) is 0 Å². The predicted molar refractivity (Wildman–Crippen MR) is 74.9 cm³/mol. The van der Waals surface area contributed by atoms with Gasteiger partial charge in [-0.05, 0) is 27.4 Å². The van der Waals surface area contributed by atoms with E-state index in [4.69, 9.17) is 4.74 Å². The van der Waals surface area contributed by atoms with Crippen molar-refractivity contribution in [1.82, 2.24) is 15.1 Å². The van der Waals surface area contributed by atoms with Crippen molar-refractivity contribution in [3.63, 3.8) is 0 Å². The third-order valence-electron chi connectivity index (χ3n) is 4.55. The molecule has 2 heterocycles. The lowest BCUT2D eigenvalue weighted by molar-refractivity contribution is 0.0296. The summed E-state index contributed by atoms with van der Waals surface area (Å²) < 4.78 is 5.64. The Kier molecular flexibility index (Phi) is 4.64.